The van der Waals surface area contributed by atoms with Gasteiger partial charge in [-0.25, -0.2) is 0 Å². The second-order valence-electron chi connectivity index (χ2n) is 16.2. The SMILES string of the molecule is CCc1ccc2c(c1)C(=O)c1c([nH]c3cc(C#N)c(N4CCN(C(=O)CCCCCCNc5cccc6c5C(=O)N(C5CCC(=O)NC5=O)C6=O)CC4)cc13)C2(C)C. The number of hydrogen-bond donors (Lipinski definition) is 3. The zero-order valence-electron chi connectivity index (χ0n) is 33.1. The van der Waals surface area contributed by atoms with Crippen molar-refractivity contribution in [2.75, 3.05) is 42.9 Å². The normalized spacial score (nSPS) is 18.6. The highest BCUT2D eigenvalue weighted by molar-refractivity contribution is 6.25. The average molecular weight is 782 g/mol. The molecule has 4 heterocycles. The van der Waals surface area contributed by atoms with Crippen molar-refractivity contribution in [1.29, 1.82) is 5.26 Å². The lowest BCUT2D eigenvalue weighted by molar-refractivity contribution is -0.136. The fraction of sp³-hybridized carbons (Fsp3) is 0.400. The number of H-pyrrole nitrogens is 1. The van der Waals surface area contributed by atoms with Gasteiger partial charge in [0.05, 0.1) is 27.9 Å². The molecule has 5 amide bonds. The molecule has 1 aliphatic carbocycles. The molecule has 4 aliphatic rings. The quantitative estimate of drug-likeness (QED) is 0.130. The zero-order chi connectivity index (χ0) is 40.9. The summed E-state index contributed by atoms with van der Waals surface area (Å²) in [6, 6.07) is 16.4. The highest BCUT2D eigenvalue weighted by Gasteiger charge is 2.46. The van der Waals surface area contributed by atoms with E-state index in [9.17, 15) is 34.0 Å². The monoisotopic (exact) mass is 781 g/mol. The van der Waals surface area contributed by atoms with Crippen molar-refractivity contribution in [1.82, 2.24) is 20.1 Å². The summed E-state index contributed by atoms with van der Waals surface area (Å²) in [5.41, 5.74) is 7.06. The number of benzene rings is 3. The van der Waals surface area contributed by atoms with E-state index in [4.69, 9.17) is 0 Å². The van der Waals surface area contributed by atoms with E-state index in [2.05, 4.69) is 59.5 Å². The number of fused-ring (bicyclic) bond motifs is 5. The third kappa shape index (κ3) is 6.60. The first-order valence-electron chi connectivity index (χ1n) is 20.3. The minimum Gasteiger partial charge on any atom is -0.384 e. The fourth-order valence-electron chi connectivity index (χ4n) is 9.09. The van der Waals surface area contributed by atoms with Crippen LogP contribution in [0.25, 0.3) is 10.9 Å². The van der Waals surface area contributed by atoms with Crippen LogP contribution in [-0.2, 0) is 26.2 Å². The van der Waals surface area contributed by atoms with Crippen molar-refractivity contribution >= 4 is 57.6 Å². The van der Waals surface area contributed by atoms with Gasteiger partial charge in [0.1, 0.15) is 12.1 Å². The highest BCUT2D eigenvalue weighted by atomic mass is 16.2. The van der Waals surface area contributed by atoms with Crippen LogP contribution in [0.4, 0.5) is 11.4 Å². The number of aromatic amines is 1. The van der Waals surface area contributed by atoms with Gasteiger partial charge in [0.2, 0.25) is 17.7 Å². The lowest BCUT2D eigenvalue weighted by Crippen LogP contribution is -2.54. The smallest absolute Gasteiger partial charge is 0.264 e. The molecule has 1 atom stereocenters. The Morgan fingerprint density at radius 3 is 2.43 bits per heavy atom. The molecule has 3 aromatic carbocycles. The van der Waals surface area contributed by atoms with E-state index in [0.717, 1.165) is 76.0 Å². The zero-order valence-corrected chi connectivity index (χ0v) is 33.1. The van der Waals surface area contributed by atoms with Gasteiger partial charge in [0.25, 0.3) is 11.8 Å². The lowest BCUT2D eigenvalue weighted by atomic mass is 9.71. The number of unbranched alkanes of at least 4 members (excludes halogenated alkanes) is 3. The number of nitrogens with zero attached hydrogens (tertiary/aromatic N) is 4. The van der Waals surface area contributed by atoms with Crippen LogP contribution in [0.5, 0.6) is 0 Å². The summed E-state index contributed by atoms with van der Waals surface area (Å²) in [7, 11) is 0. The number of piperidine rings is 1. The molecule has 13 nitrogen and oxygen atoms in total. The molecular weight excluding hydrogens is 735 g/mol. The van der Waals surface area contributed by atoms with E-state index in [1.165, 1.54) is 0 Å². The first kappa shape index (κ1) is 38.6. The molecule has 58 heavy (non-hydrogen) atoms. The summed E-state index contributed by atoms with van der Waals surface area (Å²) in [6.07, 6.45) is 4.71. The molecule has 2 saturated heterocycles. The van der Waals surface area contributed by atoms with Gasteiger partial charge in [0.15, 0.2) is 5.78 Å². The number of carbonyl (C=O) groups excluding carboxylic acids is 6. The second kappa shape index (κ2) is 15.2. The number of nitriles is 1. The summed E-state index contributed by atoms with van der Waals surface area (Å²) >= 11 is 0. The van der Waals surface area contributed by atoms with E-state index in [1.54, 1.807) is 18.2 Å². The van der Waals surface area contributed by atoms with Gasteiger partial charge in [-0.15, -0.1) is 0 Å². The molecule has 2 fully saturated rings. The van der Waals surface area contributed by atoms with E-state index in [0.29, 0.717) is 56.0 Å². The third-order valence-electron chi connectivity index (χ3n) is 12.4. The Kier molecular flexibility index (Phi) is 10.1. The summed E-state index contributed by atoms with van der Waals surface area (Å²) < 4.78 is 0. The van der Waals surface area contributed by atoms with Crippen LogP contribution >= 0.6 is 0 Å². The van der Waals surface area contributed by atoms with Crippen LogP contribution < -0.4 is 15.5 Å². The Hall–Kier alpha value is -6.29. The standard InChI is InChI=1S/C45H47N7O6/c1-4-26-13-14-31-29(22-26)40(55)39-30-24-35(27(25-46)23-33(30)48-41(39)45(31,2)3)50-18-20-51(21-19-50)37(54)12-7-5-6-8-17-47-32-11-9-10-28-38(32)44(58)52(43(28)57)34-15-16-36(53)49-42(34)56/h9-11,13-14,22-24,34,47-48H,4-8,12,15-21H2,1-3H3,(H,49,53,56). The third-order valence-corrected chi connectivity index (χ3v) is 12.4. The maximum absolute atomic E-state index is 14.1. The van der Waals surface area contributed by atoms with Gasteiger partial charge in [-0.05, 0) is 67.1 Å². The van der Waals surface area contributed by atoms with Gasteiger partial charge in [0, 0.05) is 78.8 Å². The molecule has 3 N–H and O–H groups in total. The number of ketones is 1. The van der Waals surface area contributed by atoms with Crippen LogP contribution in [0.2, 0.25) is 0 Å². The minimum absolute atomic E-state index is 0.00170. The first-order chi connectivity index (χ1) is 27.9. The number of amides is 5. The molecule has 0 bridgehead atoms. The van der Waals surface area contributed by atoms with E-state index >= 15 is 0 Å². The number of imide groups is 2. The molecular formula is C45H47N7O6. The van der Waals surface area contributed by atoms with Crippen molar-refractivity contribution in [3.63, 3.8) is 0 Å². The molecule has 0 spiro atoms. The topological polar surface area (TPSA) is 176 Å². The average Bonchev–Trinajstić information content (AvgIpc) is 3.73. The predicted molar refractivity (Wildman–Crippen MR) is 218 cm³/mol. The first-order valence-corrected chi connectivity index (χ1v) is 20.3. The second-order valence-corrected chi connectivity index (χ2v) is 16.2. The number of hydrogen-bond acceptors (Lipinski definition) is 9. The number of anilines is 2. The predicted octanol–water partition coefficient (Wildman–Crippen LogP) is 5.58. The van der Waals surface area contributed by atoms with Crippen molar-refractivity contribution in [3.05, 3.63) is 93.2 Å². The summed E-state index contributed by atoms with van der Waals surface area (Å²) in [5.74, 6) is -2.02. The number of aromatic nitrogens is 1. The highest BCUT2D eigenvalue weighted by Crippen LogP contribution is 2.45. The number of nitrogens with one attached hydrogen (secondary N) is 3. The Morgan fingerprint density at radius 2 is 1.69 bits per heavy atom. The van der Waals surface area contributed by atoms with Crippen molar-refractivity contribution in [2.45, 2.75) is 83.6 Å². The van der Waals surface area contributed by atoms with Crippen LogP contribution in [0.3, 0.4) is 0 Å². The number of rotatable bonds is 11. The molecule has 3 aliphatic heterocycles. The number of aryl methyl sites for hydroxylation is 1. The Labute approximate surface area is 336 Å². The summed E-state index contributed by atoms with van der Waals surface area (Å²) in [6.45, 7) is 9.15. The Morgan fingerprint density at radius 1 is 0.914 bits per heavy atom. The maximum atomic E-state index is 14.1. The number of carbonyl (C=O) groups is 6. The van der Waals surface area contributed by atoms with Crippen molar-refractivity contribution < 1.29 is 28.8 Å². The molecule has 298 valence electrons. The van der Waals surface area contributed by atoms with Crippen molar-refractivity contribution in [2.24, 2.45) is 0 Å². The van der Waals surface area contributed by atoms with Crippen molar-refractivity contribution in [3.8, 4) is 6.07 Å². The van der Waals surface area contributed by atoms with Crippen LogP contribution in [0.15, 0.2) is 48.5 Å². The molecule has 13 heteroatoms. The Balaban J connectivity index is 0.826. The van der Waals surface area contributed by atoms with Gasteiger partial charge < -0.3 is 20.1 Å². The van der Waals surface area contributed by atoms with Crippen LogP contribution in [-0.4, -0.2) is 88.9 Å². The molecule has 1 aromatic heterocycles. The molecule has 1 unspecified atom stereocenters. The molecule has 8 rings (SSSR count). The Bertz CT molecular complexity index is 2450. The fourth-order valence-corrected chi connectivity index (χ4v) is 9.09. The summed E-state index contributed by atoms with van der Waals surface area (Å²) in [5, 5.41) is 16.5. The lowest BCUT2D eigenvalue weighted by Gasteiger charge is -2.36. The van der Waals surface area contributed by atoms with Crippen LogP contribution in [0, 0.1) is 11.3 Å². The van der Waals surface area contributed by atoms with Gasteiger partial charge in [-0.3, -0.25) is 39.0 Å². The maximum Gasteiger partial charge on any atom is 0.264 e. The number of piperazine rings is 1. The largest absolute Gasteiger partial charge is 0.384 e. The van der Waals surface area contributed by atoms with E-state index in [-0.39, 0.29) is 35.7 Å². The van der Waals surface area contributed by atoms with E-state index < -0.39 is 35.1 Å². The van der Waals surface area contributed by atoms with Gasteiger partial charge >= 0.3 is 0 Å². The van der Waals surface area contributed by atoms with Gasteiger partial charge in [-0.1, -0.05) is 51.8 Å². The van der Waals surface area contributed by atoms with E-state index in [1.807, 2.05) is 23.1 Å². The van der Waals surface area contributed by atoms with Crippen LogP contribution in [0.1, 0.15) is 125 Å². The molecule has 0 radical (unpaired) electrons. The minimum atomic E-state index is -1.01. The van der Waals surface area contributed by atoms with Gasteiger partial charge in [-0.2, -0.15) is 5.26 Å². The summed E-state index contributed by atoms with van der Waals surface area (Å²) in [4.78, 5) is 86.3. The molecule has 4 aromatic rings. The molecule has 0 saturated carbocycles.